The van der Waals surface area contributed by atoms with Crippen LogP contribution in [0.15, 0.2) is 0 Å². The molecule has 4 atom stereocenters. The van der Waals surface area contributed by atoms with Crippen molar-refractivity contribution in [2.24, 2.45) is 29.6 Å². The van der Waals surface area contributed by atoms with Gasteiger partial charge in [0, 0.05) is 13.2 Å². The molecule has 0 spiro atoms. The predicted molar refractivity (Wildman–Crippen MR) is 70.3 cm³/mol. The molecule has 1 aliphatic heterocycles. The lowest BCUT2D eigenvalue weighted by atomic mass is 9.65. The van der Waals surface area contributed by atoms with E-state index in [4.69, 9.17) is 4.74 Å². The molecule has 0 bridgehead atoms. The average molecular weight is 254 g/mol. The highest BCUT2D eigenvalue weighted by Gasteiger charge is 2.40. The van der Waals surface area contributed by atoms with E-state index in [2.05, 4.69) is 13.8 Å². The van der Waals surface area contributed by atoms with Gasteiger partial charge in [0.25, 0.3) is 0 Å². The fourth-order valence-corrected chi connectivity index (χ4v) is 3.78. The van der Waals surface area contributed by atoms with E-state index < -0.39 is 5.97 Å². The maximum Gasteiger partial charge on any atom is 0.306 e. The van der Waals surface area contributed by atoms with Gasteiger partial charge in [-0.05, 0) is 55.8 Å². The van der Waals surface area contributed by atoms with E-state index in [-0.39, 0.29) is 5.92 Å². The van der Waals surface area contributed by atoms with Crippen LogP contribution in [0.25, 0.3) is 0 Å². The Morgan fingerprint density at radius 1 is 1.28 bits per heavy atom. The second-order valence-corrected chi connectivity index (χ2v) is 6.40. The largest absolute Gasteiger partial charge is 0.481 e. The van der Waals surface area contributed by atoms with Gasteiger partial charge in [-0.15, -0.1) is 0 Å². The molecule has 3 heteroatoms. The molecular formula is C15H26O3. The molecule has 2 aliphatic rings. The van der Waals surface area contributed by atoms with E-state index in [9.17, 15) is 9.90 Å². The normalized spacial score (nSPS) is 37.7. The van der Waals surface area contributed by atoms with Gasteiger partial charge in [-0.2, -0.15) is 0 Å². The molecule has 1 aliphatic carbocycles. The third kappa shape index (κ3) is 3.05. The highest BCUT2D eigenvalue weighted by molar-refractivity contribution is 5.70. The van der Waals surface area contributed by atoms with Crippen molar-refractivity contribution in [3.05, 3.63) is 0 Å². The number of carboxylic acids is 1. The molecular weight excluding hydrogens is 228 g/mol. The SMILES string of the molecule is CC(C)C1CCC(C(=O)O)C(C2CCCOC2)C1. The van der Waals surface area contributed by atoms with Gasteiger partial charge in [0.15, 0.2) is 0 Å². The van der Waals surface area contributed by atoms with Gasteiger partial charge in [0.2, 0.25) is 0 Å². The summed E-state index contributed by atoms with van der Waals surface area (Å²) in [6, 6.07) is 0. The summed E-state index contributed by atoms with van der Waals surface area (Å²) in [5.41, 5.74) is 0. The first kappa shape index (κ1) is 13.9. The minimum atomic E-state index is -0.590. The van der Waals surface area contributed by atoms with Crippen LogP contribution in [0.2, 0.25) is 0 Å². The molecule has 104 valence electrons. The Morgan fingerprint density at radius 2 is 2.06 bits per heavy atom. The summed E-state index contributed by atoms with van der Waals surface area (Å²) in [5, 5.41) is 9.42. The number of aliphatic carboxylic acids is 1. The maximum atomic E-state index is 11.4. The van der Waals surface area contributed by atoms with Crippen molar-refractivity contribution in [1.82, 2.24) is 0 Å². The van der Waals surface area contributed by atoms with Crippen molar-refractivity contribution < 1.29 is 14.6 Å². The lowest BCUT2D eigenvalue weighted by Gasteiger charge is -2.41. The van der Waals surface area contributed by atoms with Crippen molar-refractivity contribution in [2.75, 3.05) is 13.2 Å². The van der Waals surface area contributed by atoms with E-state index in [1.54, 1.807) is 0 Å². The van der Waals surface area contributed by atoms with Crippen molar-refractivity contribution in [2.45, 2.75) is 46.0 Å². The summed E-state index contributed by atoms with van der Waals surface area (Å²) >= 11 is 0. The Balaban J connectivity index is 2.06. The van der Waals surface area contributed by atoms with Gasteiger partial charge in [-0.3, -0.25) is 4.79 Å². The molecule has 1 saturated carbocycles. The lowest BCUT2D eigenvalue weighted by molar-refractivity contribution is -0.148. The molecule has 0 aromatic carbocycles. The minimum absolute atomic E-state index is 0.133. The van der Waals surface area contributed by atoms with Gasteiger partial charge < -0.3 is 9.84 Å². The monoisotopic (exact) mass is 254 g/mol. The van der Waals surface area contributed by atoms with Gasteiger partial charge >= 0.3 is 5.97 Å². The molecule has 4 unspecified atom stereocenters. The number of hydrogen-bond donors (Lipinski definition) is 1. The summed E-state index contributed by atoms with van der Waals surface area (Å²) in [4.78, 5) is 11.4. The lowest BCUT2D eigenvalue weighted by Crippen LogP contribution is -2.39. The fourth-order valence-electron chi connectivity index (χ4n) is 3.78. The molecule has 1 heterocycles. The molecule has 0 amide bonds. The van der Waals surface area contributed by atoms with Crippen molar-refractivity contribution >= 4 is 5.97 Å². The van der Waals surface area contributed by atoms with E-state index in [1.165, 1.54) is 0 Å². The Labute approximate surface area is 110 Å². The zero-order valence-electron chi connectivity index (χ0n) is 11.6. The van der Waals surface area contributed by atoms with Gasteiger partial charge in [-0.1, -0.05) is 13.8 Å². The molecule has 0 radical (unpaired) electrons. The quantitative estimate of drug-likeness (QED) is 0.841. The zero-order valence-corrected chi connectivity index (χ0v) is 11.6. The Hall–Kier alpha value is -0.570. The summed E-state index contributed by atoms with van der Waals surface area (Å²) < 4.78 is 5.57. The van der Waals surface area contributed by atoms with Crippen molar-refractivity contribution in [1.29, 1.82) is 0 Å². The van der Waals surface area contributed by atoms with Crippen LogP contribution in [-0.2, 0) is 9.53 Å². The van der Waals surface area contributed by atoms with Gasteiger partial charge in [-0.25, -0.2) is 0 Å². The van der Waals surface area contributed by atoms with Crippen molar-refractivity contribution in [3.63, 3.8) is 0 Å². The second-order valence-electron chi connectivity index (χ2n) is 6.40. The molecule has 1 saturated heterocycles. The zero-order chi connectivity index (χ0) is 13.1. The standard InChI is InChI=1S/C15H26O3/c1-10(2)11-5-6-13(15(16)17)14(8-11)12-4-3-7-18-9-12/h10-14H,3-9H2,1-2H3,(H,16,17). The first-order valence-corrected chi connectivity index (χ1v) is 7.40. The van der Waals surface area contributed by atoms with Crippen LogP contribution in [0.1, 0.15) is 46.0 Å². The summed E-state index contributed by atoms with van der Waals surface area (Å²) in [6.07, 6.45) is 5.28. The summed E-state index contributed by atoms with van der Waals surface area (Å²) in [5.74, 6) is 1.46. The second kappa shape index (κ2) is 6.05. The van der Waals surface area contributed by atoms with Crippen LogP contribution in [0.5, 0.6) is 0 Å². The average Bonchev–Trinajstić information content (AvgIpc) is 2.39. The topological polar surface area (TPSA) is 46.5 Å². The van der Waals surface area contributed by atoms with Crippen LogP contribution < -0.4 is 0 Å². The highest BCUT2D eigenvalue weighted by Crippen LogP contribution is 2.43. The Kier molecular flexibility index (Phi) is 4.66. The molecule has 3 nitrogen and oxygen atoms in total. The van der Waals surface area contributed by atoms with E-state index >= 15 is 0 Å². The number of hydrogen-bond acceptors (Lipinski definition) is 2. The van der Waals surface area contributed by atoms with Crippen LogP contribution in [0.3, 0.4) is 0 Å². The molecule has 1 N–H and O–H groups in total. The fraction of sp³-hybridized carbons (Fsp3) is 0.933. The first-order valence-electron chi connectivity index (χ1n) is 7.40. The van der Waals surface area contributed by atoms with Crippen LogP contribution in [0, 0.1) is 29.6 Å². The third-order valence-corrected chi connectivity index (χ3v) is 5.00. The van der Waals surface area contributed by atoms with E-state index in [0.717, 1.165) is 45.3 Å². The highest BCUT2D eigenvalue weighted by atomic mass is 16.5. The summed E-state index contributed by atoms with van der Waals surface area (Å²) in [7, 11) is 0. The van der Waals surface area contributed by atoms with Gasteiger partial charge in [0.05, 0.1) is 5.92 Å². The van der Waals surface area contributed by atoms with E-state index in [0.29, 0.717) is 23.7 Å². The van der Waals surface area contributed by atoms with Crippen LogP contribution in [-0.4, -0.2) is 24.3 Å². The third-order valence-electron chi connectivity index (χ3n) is 5.00. The van der Waals surface area contributed by atoms with Crippen molar-refractivity contribution in [3.8, 4) is 0 Å². The predicted octanol–water partition coefficient (Wildman–Crippen LogP) is 3.19. The van der Waals surface area contributed by atoms with Gasteiger partial charge in [0.1, 0.15) is 0 Å². The molecule has 2 rings (SSSR count). The number of carboxylic acid groups (broad SMARTS) is 1. The maximum absolute atomic E-state index is 11.4. The van der Waals surface area contributed by atoms with Crippen LogP contribution in [0.4, 0.5) is 0 Å². The summed E-state index contributed by atoms with van der Waals surface area (Å²) in [6.45, 7) is 6.16. The first-order chi connectivity index (χ1) is 8.59. The molecule has 0 aromatic rings. The van der Waals surface area contributed by atoms with Crippen LogP contribution >= 0.6 is 0 Å². The minimum Gasteiger partial charge on any atom is -0.481 e. The smallest absolute Gasteiger partial charge is 0.306 e. The number of ether oxygens (including phenoxy) is 1. The Morgan fingerprint density at radius 3 is 2.61 bits per heavy atom. The number of carbonyl (C=O) groups is 1. The molecule has 18 heavy (non-hydrogen) atoms. The Bertz CT molecular complexity index is 281. The molecule has 2 fully saturated rings. The molecule has 0 aromatic heterocycles. The van der Waals surface area contributed by atoms with E-state index in [1.807, 2.05) is 0 Å². The number of rotatable bonds is 3.